The number of rotatable bonds is 7. The van der Waals surface area contributed by atoms with Gasteiger partial charge in [-0.1, -0.05) is 11.6 Å². The summed E-state index contributed by atoms with van der Waals surface area (Å²) in [5.74, 6) is 0.0164. The summed E-state index contributed by atoms with van der Waals surface area (Å²) in [4.78, 5) is 23.1. The monoisotopic (exact) mass is 335 g/mol. The number of nitro groups is 1. The Morgan fingerprint density at radius 2 is 2.21 bits per heavy atom. The van der Waals surface area contributed by atoms with E-state index in [2.05, 4.69) is 10.6 Å². The van der Waals surface area contributed by atoms with Gasteiger partial charge in [-0.05, 0) is 19.9 Å². The summed E-state index contributed by atoms with van der Waals surface area (Å²) in [5.41, 5.74) is 0.745. The van der Waals surface area contributed by atoms with Gasteiger partial charge in [-0.2, -0.15) is 0 Å². The summed E-state index contributed by atoms with van der Waals surface area (Å²) in [6, 6.07) is 2.57. The van der Waals surface area contributed by atoms with Crippen LogP contribution in [-0.4, -0.2) is 44.2 Å². The van der Waals surface area contributed by atoms with Crippen molar-refractivity contribution in [2.45, 2.75) is 13.3 Å². The Labute approximate surface area is 140 Å². The first kappa shape index (κ1) is 17.7. The SMILES string of the molecule is CCOc1cc(C(=O)NCC2=CCNCC2)c([N+](=O)[O-])cc1OC. The third kappa shape index (κ3) is 4.23. The average molecular weight is 335 g/mol. The molecular weight excluding hydrogens is 314 g/mol. The van der Waals surface area contributed by atoms with Crippen LogP contribution in [0.15, 0.2) is 23.8 Å². The second kappa shape index (κ2) is 8.30. The highest BCUT2D eigenvalue weighted by Crippen LogP contribution is 2.34. The van der Waals surface area contributed by atoms with Crippen molar-refractivity contribution < 1.29 is 19.2 Å². The van der Waals surface area contributed by atoms with Gasteiger partial charge < -0.3 is 20.1 Å². The number of carbonyl (C=O) groups is 1. The Morgan fingerprint density at radius 3 is 2.79 bits per heavy atom. The van der Waals surface area contributed by atoms with Crippen molar-refractivity contribution in [3.63, 3.8) is 0 Å². The summed E-state index contributed by atoms with van der Waals surface area (Å²) in [6.07, 6.45) is 2.85. The summed E-state index contributed by atoms with van der Waals surface area (Å²) in [6.45, 7) is 4.13. The molecule has 0 bridgehead atoms. The molecule has 8 nitrogen and oxygen atoms in total. The molecule has 24 heavy (non-hydrogen) atoms. The second-order valence-electron chi connectivity index (χ2n) is 5.21. The molecule has 1 aromatic carbocycles. The largest absolute Gasteiger partial charge is 0.493 e. The molecule has 0 aliphatic carbocycles. The predicted octanol–water partition coefficient (Wildman–Crippen LogP) is 1.65. The molecule has 1 amide bonds. The molecule has 8 heteroatoms. The Kier molecular flexibility index (Phi) is 6.14. The van der Waals surface area contributed by atoms with Crippen molar-refractivity contribution in [3.05, 3.63) is 39.5 Å². The maximum Gasteiger partial charge on any atom is 0.286 e. The van der Waals surface area contributed by atoms with Crippen LogP contribution in [0, 0.1) is 10.1 Å². The van der Waals surface area contributed by atoms with E-state index in [1.807, 2.05) is 6.08 Å². The van der Waals surface area contributed by atoms with E-state index >= 15 is 0 Å². The van der Waals surface area contributed by atoms with Crippen LogP contribution < -0.4 is 20.1 Å². The van der Waals surface area contributed by atoms with Gasteiger partial charge in [0, 0.05) is 19.2 Å². The minimum atomic E-state index is -0.600. The number of methoxy groups -OCH3 is 1. The molecule has 0 saturated heterocycles. The Morgan fingerprint density at radius 1 is 1.42 bits per heavy atom. The number of hydrogen-bond acceptors (Lipinski definition) is 6. The normalized spacial score (nSPS) is 13.8. The molecule has 0 spiro atoms. The standard InChI is InChI=1S/C16H21N3O5/c1-3-24-15-8-12(13(19(21)22)9-14(15)23-2)16(20)18-10-11-4-6-17-7-5-11/h4,8-9,17H,3,5-7,10H2,1-2H3,(H,18,20). The van der Waals surface area contributed by atoms with E-state index < -0.39 is 10.8 Å². The predicted molar refractivity (Wildman–Crippen MR) is 88.7 cm³/mol. The van der Waals surface area contributed by atoms with Gasteiger partial charge in [0.25, 0.3) is 11.6 Å². The van der Waals surface area contributed by atoms with Gasteiger partial charge in [-0.3, -0.25) is 14.9 Å². The van der Waals surface area contributed by atoms with E-state index in [1.165, 1.54) is 19.2 Å². The van der Waals surface area contributed by atoms with Crippen LogP contribution in [0.2, 0.25) is 0 Å². The highest BCUT2D eigenvalue weighted by molar-refractivity contribution is 5.99. The minimum Gasteiger partial charge on any atom is -0.493 e. The van der Waals surface area contributed by atoms with Gasteiger partial charge in [0.1, 0.15) is 5.56 Å². The summed E-state index contributed by atoms with van der Waals surface area (Å²) < 4.78 is 10.5. The lowest BCUT2D eigenvalue weighted by Crippen LogP contribution is -2.30. The molecular formula is C16H21N3O5. The van der Waals surface area contributed by atoms with Crippen molar-refractivity contribution in [2.75, 3.05) is 33.4 Å². The molecule has 2 rings (SSSR count). The van der Waals surface area contributed by atoms with Gasteiger partial charge >= 0.3 is 0 Å². The quantitative estimate of drug-likeness (QED) is 0.446. The lowest BCUT2D eigenvalue weighted by atomic mass is 10.1. The molecule has 1 aliphatic rings. The topological polar surface area (TPSA) is 103 Å². The Balaban J connectivity index is 2.25. The van der Waals surface area contributed by atoms with Crippen molar-refractivity contribution >= 4 is 11.6 Å². The van der Waals surface area contributed by atoms with Gasteiger partial charge in [0.05, 0.1) is 24.7 Å². The van der Waals surface area contributed by atoms with E-state index in [0.717, 1.165) is 25.1 Å². The van der Waals surface area contributed by atoms with Gasteiger partial charge in [0.2, 0.25) is 0 Å². The first-order valence-electron chi connectivity index (χ1n) is 7.72. The van der Waals surface area contributed by atoms with E-state index in [-0.39, 0.29) is 17.0 Å². The van der Waals surface area contributed by atoms with Crippen LogP contribution in [-0.2, 0) is 0 Å². The fourth-order valence-corrected chi connectivity index (χ4v) is 2.43. The van der Waals surface area contributed by atoms with Crippen molar-refractivity contribution in [2.24, 2.45) is 0 Å². The number of nitrogens with zero attached hydrogens (tertiary/aromatic N) is 1. The zero-order valence-corrected chi connectivity index (χ0v) is 13.8. The summed E-state index contributed by atoms with van der Waals surface area (Å²) >= 11 is 0. The fraction of sp³-hybridized carbons (Fsp3) is 0.438. The first-order valence-corrected chi connectivity index (χ1v) is 7.72. The molecule has 1 aromatic rings. The number of hydrogen-bond donors (Lipinski definition) is 2. The van der Waals surface area contributed by atoms with E-state index in [9.17, 15) is 14.9 Å². The lowest BCUT2D eigenvalue weighted by molar-refractivity contribution is -0.385. The minimum absolute atomic E-state index is 0.0428. The Bertz CT molecular complexity index is 657. The molecule has 0 radical (unpaired) electrons. The highest BCUT2D eigenvalue weighted by Gasteiger charge is 2.24. The van der Waals surface area contributed by atoms with Gasteiger partial charge in [0.15, 0.2) is 11.5 Å². The number of nitrogens with one attached hydrogen (secondary N) is 2. The molecule has 0 aromatic heterocycles. The summed E-state index contributed by atoms with van der Waals surface area (Å²) in [7, 11) is 1.39. The van der Waals surface area contributed by atoms with Crippen LogP contribution in [0.3, 0.4) is 0 Å². The zero-order valence-electron chi connectivity index (χ0n) is 13.8. The molecule has 1 heterocycles. The van der Waals surface area contributed by atoms with E-state index in [4.69, 9.17) is 9.47 Å². The zero-order chi connectivity index (χ0) is 17.5. The van der Waals surface area contributed by atoms with Crippen LogP contribution in [0.4, 0.5) is 5.69 Å². The fourth-order valence-electron chi connectivity index (χ4n) is 2.43. The van der Waals surface area contributed by atoms with Crippen molar-refractivity contribution in [3.8, 4) is 11.5 Å². The number of ether oxygens (including phenoxy) is 2. The van der Waals surface area contributed by atoms with Crippen molar-refractivity contribution in [1.29, 1.82) is 0 Å². The maximum absolute atomic E-state index is 12.4. The lowest BCUT2D eigenvalue weighted by Gasteiger charge is -2.15. The van der Waals surface area contributed by atoms with Gasteiger partial charge in [-0.15, -0.1) is 0 Å². The molecule has 0 atom stereocenters. The molecule has 0 unspecified atom stereocenters. The first-order chi connectivity index (χ1) is 11.6. The third-order valence-corrected chi connectivity index (χ3v) is 3.66. The number of carbonyl (C=O) groups excluding carboxylic acids is 1. The van der Waals surface area contributed by atoms with Crippen LogP contribution in [0.5, 0.6) is 11.5 Å². The van der Waals surface area contributed by atoms with Gasteiger partial charge in [-0.25, -0.2) is 0 Å². The molecule has 0 fully saturated rings. The number of nitro benzene ring substituents is 1. The van der Waals surface area contributed by atoms with Crippen LogP contribution >= 0.6 is 0 Å². The molecule has 1 aliphatic heterocycles. The molecule has 0 saturated carbocycles. The second-order valence-corrected chi connectivity index (χ2v) is 5.21. The Hall–Kier alpha value is -2.61. The smallest absolute Gasteiger partial charge is 0.286 e. The average Bonchev–Trinajstić information content (AvgIpc) is 2.60. The maximum atomic E-state index is 12.4. The number of benzene rings is 1. The van der Waals surface area contributed by atoms with Crippen LogP contribution in [0.25, 0.3) is 0 Å². The summed E-state index contributed by atoms with van der Waals surface area (Å²) in [5, 5.41) is 17.2. The van der Waals surface area contributed by atoms with E-state index in [1.54, 1.807) is 6.92 Å². The highest BCUT2D eigenvalue weighted by atomic mass is 16.6. The molecule has 130 valence electrons. The number of amides is 1. The molecule has 2 N–H and O–H groups in total. The third-order valence-electron chi connectivity index (χ3n) is 3.66. The van der Waals surface area contributed by atoms with Crippen LogP contribution in [0.1, 0.15) is 23.7 Å². The van der Waals surface area contributed by atoms with E-state index in [0.29, 0.717) is 18.9 Å². The van der Waals surface area contributed by atoms with Crippen molar-refractivity contribution in [1.82, 2.24) is 10.6 Å².